The van der Waals surface area contributed by atoms with Crippen molar-refractivity contribution in [2.45, 2.75) is 20.0 Å². The molecule has 102 valence electrons. The van der Waals surface area contributed by atoms with Gasteiger partial charge in [0.2, 0.25) is 0 Å². The number of nitrogens with one attached hydrogen (secondary N) is 1. The van der Waals surface area contributed by atoms with Crippen LogP contribution in [0.4, 0.5) is 0 Å². The first-order valence-corrected chi connectivity index (χ1v) is 6.29. The first-order chi connectivity index (χ1) is 8.63. The van der Waals surface area contributed by atoms with Crippen molar-refractivity contribution in [2.24, 2.45) is 5.92 Å². The predicted octanol–water partition coefficient (Wildman–Crippen LogP) is 1.68. The monoisotopic (exact) mass is 253 g/mol. The highest BCUT2D eigenvalue weighted by Crippen LogP contribution is 2.16. The van der Waals surface area contributed by atoms with E-state index < -0.39 is 0 Å². The molecule has 0 heterocycles. The lowest BCUT2D eigenvalue weighted by Crippen LogP contribution is -2.32. The Labute approximate surface area is 109 Å². The van der Waals surface area contributed by atoms with Crippen LogP contribution in [0.3, 0.4) is 0 Å². The van der Waals surface area contributed by atoms with Crippen LogP contribution in [0.1, 0.15) is 13.8 Å². The molecule has 1 atom stereocenters. The van der Waals surface area contributed by atoms with Crippen molar-refractivity contribution >= 4 is 0 Å². The third-order valence-corrected chi connectivity index (χ3v) is 2.73. The van der Waals surface area contributed by atoms with Gasteiger partial charge in [0, 0.05) is 13.1 Å². The molecule has 0 bridgehead atoms. The highest BCUT2D eigenvalue weighted by atomic mass is 16.5. The summed E-state index contributed by atoms with van der Waals surface area (Å²) >= 11 is 0. The van der Waals surface area contributed by atoms with Gasteiger partial charge >= 0.3 is 0 Å². The van der Waals surface area contributed by atoms with Crippen molar-refractivity contribution in [3.05, 3.63) is 24.3 Å². The normalized spacial score (nSPS) is 12.5. The highest BCUT2D eigenvalue weighted by molar-refractivity contribution is 5.31. The van der Waals surface area contributed by atoms with E-state index in [0.717, 1.165) is 18.0 Å². The number of benzene rings is 1. The first-order valence-electron chi connectivity index (χ1n) is 6.29. The summed E-state index contributed by atoms with van der Waals surface area (Å²) in [6.45, 7) is 5.90. The topological polar surface area (TPSA) is 50.7 Å². The number of methoxy groups -OCH3 is 1. The number of hydrogen-bond donors (Lipinski definition) is 2. The van der Waals surface area contributed by atoms with E-state index >= 15 is 0 Å². The minimum Gasteiger partial charge on any atom is -0.497 e. The zero-order valence-corrected chi connectivity index (χ0v) is 11.3. The largest absolute Gasteiger partial charge is 0.497 e. The van der Waals surface area contributed by atoms with Crippen LogP contribution in [0.25, 0.3) is 0 Å². The Morgan fingerprint density at radius 2 is 1.78 bits per heavy atom. The summed E-state index contributed by atoms with van der Waals surface area (Å²) < 4.78 is 10.6. The average Bonchev–Trinajstić information content (AvgIpc) is 2.38. The summed E-state index contributed by atoms with van der Waals surface area (Å²) in [7, 11) is 1.64. The molecule has 0 saturated carbocycles. The van der Waals surface area contributed by atoms with E-state index in [1.54, 1.807) is 7.11 Å². The van der Waals surface area contributed by atoms with Gasteiger partial charge in [0.05, 0.1) is 13.2 Å². The molecule has 0 aliphatic carbocycles. The maximum absolute atomic E-state index is 9.58. The van der Waals surface area contributed by atoms with Gasteiger partial charge in [0.15, 0.2) is 0 Å². The molecule has 0 aromatic heterocycles. The Morgan fingerprint density at radius 1 is 1.17 bits per heavy atom. The summed E-state index contributed by atoms with van der Waals surface area (Å²) in [5.41, 5.74) is 0. The quantitative estimate of drug-likeness (QED) is 0.692. The summed E-state index contributed by atoms with van der Waals surface area (Å²) in [5, 5.41) is 12.7. The molecular weight excluding hydrogens is 230 g/mol. The molecule has 1 aromatic rings. The molecule has 0 aliphatic rings. The lowest BCUT2D eigenvalue weighted by atomic mass is 10.1. The second-order valence-electron chi connectivity index (χ2n) is 4.54. The Bertz CT molecular complexity index is 324. The van der Waals surface area contributed by atoms with Crippen LogP contribution in [-0.4, -0.2) is 38.0 Å². The summed E-state index contributed by atoms with van der Waals surface area (Å²) in [5.74, 6) is 1.92. The van der Waals surface area contributed by atoms with E-state index in [1.807, 2.05) is 38.1 Å². The molecule has 4 nitrogen and oxygen atoms in total. The van der Waals surface area contributed by atoms with Gasteiger partial charge < -0.3 is 19.9 Å². The number of ether oxygens (including phenoxy) is 2. The maximum Gasteiger partial charge on any atom is 0.119 e. The lowest BCUT2D eigenvalue weighted by Gasteiger charge is -2.15. The average molecular weight is 253 g/mol. The maximum atomic E-state index is 9.58. The van der Waals surface area contributed by atoms with Crippen LogP contribution >= 0.6 is 0 Å². The van der Waals surface area contributed by atoms with Crippen LogP contribution in [-0.2, 0) is 0 Å². The molecular formula is C14H23NO3. The van der Waals surface area contributed by atoms with Crippen molar-refractivity contribution in [1.29, 1.82) is 0 Å². The van der Waals surface area contributed by atoms with Gasteiger partial charge in [-0.1, -0.05) is 13.8 Å². The van der Waals surface area contributed by atoms with E-state index in [4.69, 9.17) is 9.47 Å². The van der Waals surface area contributed by atoms with Crippen molar-refractivity contribution in [2.75, 3.05) is 26.8 Å². The van der Waals surface area contributed by atoms with Gasteiger partial charge in [-0.25, -0.2) is 0 Å². The Hall–Kier alpha value is -1.26. The molecule has 0 radical (unpaired) electrons. The second kappa shape index (κ2) is 7.95. The predicted molar refractivity (Wildman–Crippen MR) is 72.2 cm³/mol. The van der Waals surface area contributed by atoms with Gasteiger partial charge in [-0.3, -0.25) is 0 Å². The van der Waals surface area contributed by atoms with E-state index in [1.165, 1.54) is 0 Å². The fourth-order valence-electron chi connectivity index (χ4n) is 1.40. The SMILES string of the molecule is COc1ccc(OCCNCC(O)C(C)C)cc1. The fourth-order valence-corrected chi connectivity index (χ4v) is 1.40. The van der Waals surface area contributed by atoms with Crippen LogP contribution in [0.15, 0.2) is 24.3 Å². The zero-order chi connectivity index (χ0) is 13.4. The molecule has 0 saturated heterocycles. The van der Waals surface area contributed by atoms with Gasteiger partial charge in [-0.2, -0.15) is 0 Å². The van der Waals surface area contributed by atoms with Crippen molar-refractivity contribution < 1.29 is 14.6 Å². The highest BCUT2D eigenvalue weighted by Gasteiger charge is 2.07. The summed E-state index contributed by atoms with van der Waals surface area (Å²) in [4.78, 5) is 0. The molecule has 0 spiro atoms. The molecule has 1 unspecified atom stereocenters. The molecule has 0 aliphatic heterocycles. The van der Waals surface area contributed by atoms with Gasteiger partial charge in [0.1, 0.15) is 18.1 Å². The Morgan fingerprint density at radius 3 is 2.33 bits per heavy atom. The number of hydrogen-bond acceptors (Lipinski definition) is 4. The minimum atomic E-state index is -0.300. The molecule has 0 fully saturated rings. The third-order valence-electron chi connectivity index (χ3n) is 2.73. The third kappa shape index (κ3) is 5.38. The van der Waals surface area contributed by atoms with Gasteiger partial charge in [-0.05, 0) is 30.2 Å². The van der Waals surface area contributed by atoms with Crippen LogP contribution < -0.4 is 14.8 Å². The minimum absolute atomic E-state index is 0.278. The van der Waals surface area contributed by atoms with Crippen LogP contribution in [0.5, 0.6) is 11.5 Å². The fraction of sp³-hybridized carbons (Fsp3) is 0.571. The number of aliphatic hydroxyl groups excluding tert-OH is 1. The van der Waals surface area contributed by atoms with E-state index in [-0.39, 0.29) is 12.0 Å². The number of rotatable bonds is 8. The van der Waals surface area contributed by atoms with E-state index in [0.29, 0.717) is 13.2 Å². The molecule has 4 heteroatoms. The molecule has 1 rings (SSSR count). The molecule has 1 aromatic carbocycles. The summed E-state index contributed by atoms with van der Waals surface area (Å²) in [6, 6.07) is 7.49. The van der Waals surface area contributed by atoms with Crippen molar-refractivity contribution in [1.82, 2.24) is 5.32 Å². The molecule has 0 amide bonds. The number of aliphatic hydroxyl groups is 1. The second-order valence-corrected chi connectivity index (χ2v) is 4.54. The van der Waals surface area contributed by atoms with Gasteiger partial charge in [0.25, 0.3) is 0 Å². The Kier molecular flexibility index (Phi) is 6.54. The first kappa shape index (κ1) is 14.8. The van der Waals surface area contributed by atoms with Crippen molar-refractivity contribution in [3.8, 4) is 11.5 Å². The van der Waals surface area contributed by atoms with Crippen LogP contribution in [0, 0.1) is 5.92 Å². The molecule has 18 heavy (non-hydrogen) atoms. The Balaban J connectivity index is 2.14. The van der Waals surface area contributed by atoms with Crippen LogP contribution in [0.2, 0.25) is 0 Å². The van der Waals surface area contributed by atoms with E-state index in [2.05, 4.69) is 5.32 Å². The van der Waals surface area contributed by atoms with E-state index in [9.17, 15) is 5.11 Å². The standard InChI is InChI=1S/C14H23NO3/c1-11(2)14(16)10-15-8-9-18-13-6-4-12(17-3)5-7-13/h4-7,11,14-16H,8-10H2,1-3H3. The van der Waals surface area contributed by atoms with Crippen molar-refractivity contribution in [3.63, 3.8) is 0 Å². The lowest BCUT2D eigenvalue weighted by molar-refractivity contribution is 0.122. The summed E-state index contributed by atoms with van der Waals surface area (Å²) in [6.07, 6.45) is -0.300. The molecule has 2 N–H and O–H groups in total. The van der Waals surface area contributed by atoms with Gasteiger partial charge in [-0.15, -0.1) is 0 Å². The smallest absolute Gasteiger partial charge is 0.119 e. The zero-order valence-electron chi connectivity index (χ0n) is 11.3.